The molecule has 0 N–H and O–H groups in total. The minimum absolute atomic E-state index is 0.187. The van der Waals surface area contributed by atoms with Gasteiger partial charge in [-0.1, -0.05) is 26.0 Å². The quantitative estimate of drug-likeness (QED) is 0.681. The van der Waals surface area contributed by atoms with E-state index in [9.17, 15) is 17.6 Å². The van der Waals surface area contributed by atoms with E-state index < -0.39 is 20.7 Å². The molecule has 1 fully saturated rings. The van der Waals surface area contributed by atoms with Crippen molar-refractivity contribution in [3.05, 3.63) is 58.9 Å². The van der Waals surface area contributed by atoms with Gasteiger partial charge in [0.1, 0.15) is 10.7 Å². The number of aryl methyl sites for hydroxylation is 1. The summed E-state index contributed by atoms with van der Waals surface area (Å²) in [6, 6.07) is 9.79. The van der Waals surface area contributed by atoms with Gasteiger partial charge in [0.2, 0.25) is 10.0 Å². The fraction of sp³-hybridized carbons (Fsp3) is 0.435. The van der Waals surface area contributed by atoms with Crippen molar-refractivity contribution in [1.29, 1.82) is 0 Å². The van der Waals surface area contributed by atoms with E-state index in [-0.39, 0.29) is 24.6 Å². The highest BCUT2D eigenvalue weighted by Crippen LogP contribution is 2.25. The molecule has 1 aliphatic heterocycles. The topological polar surface area (TPSA) is 60.9 Å². The fourth-order valence-corrected chi connectivity index (χ4v) is 5.50. The monoisotopic (exact) mass is 447 g/mol. The van der Waals surface area contributed by atoms with Gasteiger partial charge in [0, 0.05) is 50.5 Å². The molecule has 0 bridgehead atoms. The summed E-state index contributed by atoms with van der Waals surface area (Å²) in [7, 11) is -3.99. The molecule has 2 aromatic rings. The Labute approximate surface area is 184 Å². The molecule has 0 saturated carbocycles. The maximum atomic E-state index is 14.4. The van der Waals surface area contributed by atoms with Gasteiger partial charge in [0.15, 0.2) is 0 Å². The van der Waals surface area contributed by atoms with Gasteiger partial charge in [-0.3, -0.25) is 4.79 Å². The lowest BCUT2D eigenvalue weighted by atomic mass is 10.1. The molecule has 8 heteroatoms. The predicted octanol–water partition coefficient (Wildman–Crippen LogP) is 3.44. The van der Waals surface area contributed by atoms with Crippen LogP contribution in [-0.2, 0) is 10.0 Å². The number of rotatable bonds is 6. The third kappa shape index (κ3) is 4.60. The fourth-order valence-electron chi connectivity index (χ4n) is 3.95. The van der Waals surface area contributed by atoms with Gasteiger partial charge in [-0.2, -0.15) is 4.31 Å². The number of nitrogens with zero attached hydrogens (tertiary/aromatic N) is 3. The van der Waals surface area contributed by atoms with E-state index in [1.54, 1.807) is 18.7 Å². The van der Waals surface area contributed by atoms with Crippen molar-refractivity contribution in [2.75, 3.05) is 44.2 Å². The predicted molar refractivity (Wildman–Crippen MR) is 121 cm³/mol. The molecule has 2 aromatic carbocycles. The van der Waals surface area contributed by atoms with Gasteiger partial charge < -0.3 is 9.80 Å². The Bertz CT molecular complexity index is 1060. The van der Waals surface area contributed by atoms with E-state index in [4.69, 9.17) is 0 Å². The van der Waals surface area contributed by atoms with Crippen molar-refractivity contribution in [3.63, 3.8) is 0 Å². The minimum Gasteiger partial charge on any atom is -0.368 e. The summed E-state index contributed by atoms with van der Waals surface area (Å²) in [6.45, 7) is 10.4. The average molecular weight is 448 g/mol. The number of anilines is 1. The maximum absolute atomic E-state index is 14.4. The Morgan fingerprint density at radius 2 is 1.68 bits per heavy atom. The second-order valence-corrected chi connectivity index (χ2v) is 9.64. The van der Waals surface area contributed by atoms with Crippen molar-refractivity contribution in [1.82, 2.24) is 9.21 Å². The van der Waals surface area contributed by atoms with Crippen LogP contribution >= 0.6 is 0 Å². The Balaban J connectivity index is 1.78. The lowest BCUT2D eigenvalue weighted by molar-refractivity contribution is 0.0746. The van der Waals surface area contributed by atoms with E-state index >= 15 is 0 Å². The summed E-state index contributed by atoms with van der Waals surface area (Å²) < 4.78 is 41.1. The first-order valence-corrected chi connectivity index (χ1v) is 12.0. The molecule has 0 unspecified atom stereocenters. The molecule has 1 amide bonds. The summed E-state index contributed by atoms with van der Waals surface area (Å²) >= 11 is 0. The zero-order valence-corrected chi connectivity index (χ0v) is 19.4. The molecule has 31 heavy (non-hydrogen) atoms. The summed E-state index contributed by atoms with van der Waals surface area (Å²) in [6.07, 6.45) is 0. The van der Waals surface area contributed by atoms with E-state index in [0.717, 1.165) is 6.07 Å². The number of halogens is 1. The summed E-state index contributed by atoms with van der Waals surface area (Å²) in [4.78, 5) is 16.5. The third-order valence-electron chi connectivity index (χ3n) is 5.98. The number of hydrogen-bond acceptors (Lipinski definition) is 4. The van der Waals surface area contributed by atoms with Gasteiger partial charge in [0.25, 0.3) is 5.91 Å². The van der Waals surface area contributed by atoms with E-state index in [1.165, 1.54) is 33.3 Å². The number of benzene rings is 2. The maximum Gasteiger partial charge on any atom is 0.254 e. The van der Waals surface area contributed by atoms with Crippen LogP contribution in [0.15, 0.2) is 41.3 Å². The summed E-state index contributed by atoms with van der Waals surface area (Å²) in [5.74, 6) is -1.13. The first-order chi connectivity index (χ1) is 14.7. The zero-order chi connectivity index (χ0) is 22.8. The smallest absolute Gasteiger partial charge is 0.254 e. The van der Waals surface area contributed by atoms with Crippen LogP contribution in [-0.4, -0.2) is 62.8 Å². The number of carbonyl (C=O) groups is 1. The first kappa shape index (κ1) is 23.2. The molecule has 1 aliphatic rings. The van der Waals surface area contributed by atoms with E-state index in [0.29, 0.717) is 26.2 Å². The molecule has 0 atom stereocenters. The molecule has 0 aliphatic carbocycles. The van der Waals surface area contributed by atoms with Crippen LogP contribution in [0.3, 0.4) is 0 Å². The van der Waals surface area contributed by atoms with E-state index in [2.05, 4.69) is 30.9 Å². The Morgan fingerprint density at radius 3 is 2.29 bits per heavy atom. The molecule has 0 spiro atoms. The van der Waals surface area contributed by atoms with Crippen LogP contribution < -0.4 is 4.90 Å². The van der Waals surface area contributed by atoms with E-state index in [1.807, 2.05) is 6.07 Å². The Kier molecular flexibility index (Phi) is 7.01. The second-order valence-electron chi connectivity index (χ2n) is 7.73. The highest BCUT2D eigenvalue weighted by Gasteiger charge is 2.28. The molecular weight excluding hydrogens is 417 g/mol. The molecule has 3 rings (SSSR count). The van der Waals surface area contributed by atoms with Crippen molar-refractivity contribution in [2.24, 2.45) is 0 Å². The summed E-state index contributed by atoms with van der Waals surface area (Å²) in [5, 5.41) is 0. The number of carbonyl (C=O) groups excluding carboxylic acids is 1. The van der Waals surface area contributed by atoms with Gasteiger partial charge in [-0.15, -0.1) is 0 Å². The molecule has 0 radical (unpaired) electrons. The molecule has 0 aromatic heterocycles. The van der Waals surface area contributed by atoms with Crippen LogP contribution in [0.2, 0.25) is 0 Å². The zero-order valence-electron chi connectivity index (χ0n) is 18.6. The summed E-state index contributed by atoms with van der Waals surface area (Å²) in [5.41, 5.74) is 3.81. The highest BCUT2D eigenvalue weighted by atomic mass is 32.2. The van der Waals surface area contributed by atoms with Crippen molar-refractivity contribution in [2.45, 2.75) is 32.6 Å². The molecular formula is C23H30FN3O3S. The SMILES string of the molecule is CCN(CC)S(=O)(=O)c1cc(C(=O)N2CCN(c3cccc(C)c3C)CC2)ccc1F. The largest absolute Gasteiger partial charge is 0.368 e. The van der Waals surface area contributed by atoms with Crippen LogP contribution in [0.25, 0.3) is 0 Å². The standard InChI is InChI=1S/C23H30FN3O3S/c1-5-27(6-2)31(29,30)22-16-19(10-11-20(22)24)23(28)26-14-12-25(13-15-26)21-9-7-8-17(3)18(21)4/h7-11,16H,5-6,12-15H2,1-4H3. The minimum atomic E-state index is -3.99. The first-order valence-electron chi connectivity index (χ1n) is 10.6. The number of sulfonamides is 1. The molecule has 168 valence electrons. The highest BCUT2D eigenvalue weighted by molar-refractivity contribution is 7.89. The Morgan fingerprint density at radius 1 is 1.03 bits per heavy atom. The molecule has 6 nitrogen and oxygen atoms in total. The Hall–Kier alpha value is -2.45. The van der Waals surface area contributed by atoms with Gasteiger partial charge >= 0.3 is 0 Å². The third-order valence-corrected chi connectivity index (χ3v) is 8.05. The number of amides is 1. The second kappa shape index (κ2) is 9.36. The van der Waals surface area contributed by atoms with Crippen molar-refractivity contribution < 1.29 is 17.6 Å². The molecule has 1 heterocycles. The number of hydrogen-bond donors (Lipinski definition) is 0. The van der Waals surface area contributed by atoms with Gasteiger partial charge in [0.05, 0.1) is 0 Å². The van der Waals surface area contributed by atoms with Crippen LogP contribution in [0.4, 0.5) is 10.1 Å². The van der Waals surface area contributed by atoms with Crippen LogP contribution in [0, 0.1) is 19.7 Å². The van der Waals surface area contributed by atoms with Gasteiger partial charge in [-0.05, 0) is 49.2 Å². The van der Waals surface area contributed by atoms with Gasteiger partial charge in [-0.25, -0.2) is 12.8 Å². The lowest BCUT2D eigenvalue weighted by Crippen LogP contribution is -2.49. The number of piperazine rings is 1. The van der Waals surface area contributed by atoms with Crippen molar-refractivity contribution in [3.8, 4) is 0 Å². The average Bonchev–Trinajstić information content (AvgIpc) is 2.76. The normalized spacial score (nSPS) is 14.9. The van der Waals surface area contributed by atoms with Crippen molar-refractivity contribution >= 4 is 21.6 Å². The molecule has 1 saturated heterocycles. The lowest BCUT2D eigenvalue weighted by Gasteiger charge is -2.37. The van der Waals surface area contributed by atoms with Crippen LogP contribution in [0.5, 0.6) is 0 Å². The van der Waals surface area contributed by atoms with Crippen LogP contribution in [0.1, 0.15) is 35.3 Å².